The van der Waals surface area contributed by atoms with Gasteiger partial charge in [-0.05, 0) is 32.1 Å². The Bertz CT molecular complexity index is 267. The molecule has 0 spiro atoms. The van der Waals surface area contributed by atoms with E-state index in [1.54, 1.807) is 0 Å². The first kappa shape index (κ1) is 7.60. The van der Waals surface area contributed by atoms with E-state index < -0.39 is 0 Å². The van der Waals surface area contributed by atoms with E-state index in [-0.39, 0.29) is 0 Å². The normalized spacial score (nSPS) is 36.8. The van der Waals surface area contributed by atoms with Crippen molar-refractivity contribution in [3.8, 4) is 0 Å². The highest BCUT2D eigenvalue weighted by atomic mass is 16.2. The van der Waals surface area contributed by atoms with E-state index in [0.717, 1.165) is 19.3 Å². The molecule has 1 aliphatic carbocycles. The Morgan fingerprint density at radius 3 is 2.77 bits per heavy atom. The van der Waals surface area contributed by atoms with E-state index >= 15 is 0 Å². The van der Waals surface area contributed by atoms with Crippen LogP contribution in [-0.2, 0) is 4.79 Å². The van der Waals surface area contributed by atoms with Crippen LogP contribution in [0.25, 0.3) is 0 Å². The molecule has 2 fully saturated rings. The second-order valence-corrected chi connectivity index (χ2v) is 4.48. The molecule has 1 amide bonds. The van der Waals surface area contributed by atoms with Gasteiger partial charge in [-0.25, -0.2) is 0 Å². The Labute approximate surface area is 78.6 Å². The summed E-state index contributed by atoms with van der Waals surface area (Å²) in [7, 11) is 0. The van der Waals surface area contributed by atoms with Gasteiger partial charge in [-0.15, -0.1) is 0 Å². The molecule has 0 N–H and O–H groups in total. The molecule has 2 bridgehead atoms. The fourth-order valence-corrected chi connectivity index (χ4v) is 2.61. The minimum Gasteiger partial charge on any atom is -0.333 e. The lowest BCUT2D eigenvalue weighted by atomic mass is 10.1. The van der Waals surface area contributed by atoms with Gasteiger partial charge in [0.1, 0.15) is 0 Å². The molecule has 1 saturated carbocycles. The summed E-state index contributed by atoms with van der Waals surface area (Å²) in [6.45, 7) is 0. The Hall–Kier alpha value is -0.790. The summed E-state index contributed by atoms with van der Waals surface area (Å²) in [6, 6.07) is 0.995. The van der Waals surface area contributed by atoms with Gasteiger partial charge in [-0.3, -0.25) is 4.79 Å². The summed E-state index contributed by atoms with van der Waals surface area (Å²) < 4.78 is 0. The van der Waals surface area contributed by atoms with Crippen LogP contribution in [0.1, 0.15) is 32.1 Å². The number of fused-ring (bicyclic) bond motifs is 2. The molecule has 0 radical (unpaired) electrons. The van der Waals surface area contributed by atoms with E-state index in [1.807, 2.05) is 0 Å². The molecular formula is C11H15NO. The van der Waals surface area contributed by atoms with E-state index in [0.29, 0.717) is 23.9 Å². The van der Waals surface area contributed by atoms with E-state index in [2.05, 4.69) is 17.1 Å². The minimum atomic E-state index is 0.398. The molecule has 2 heteroatoms. The monoisotopic (exact) mass is 177 g/mol. The van der Waals surface area contributed by atoms with Gasteiger partial charge in [-0.2, -0.15) is 0 Å². The predicted octanol–water partition coefficient (Wildman–Crippen LogP) is 1.72. The molecule has 0 aromatic carbocycles. The average molecular weight is 177 g/mol. The highest BCUT2D eigenvalue weighted by Gasteiger charge is 2.42. The van der Waals surface area contributed by atoms with Gasteiger partial charge >= 0.3 is 0 Å². The molecule has 3 aliphatic rings. The number of nitrogens with zero attached hydrogens (tertiary/aromatic N) is 1. The smallest absolute Gasteiger partial charge is 0.226 e. The number of hydrogen-bond donors (Lipinski definition) is 0. The number of amides is 1. The standard InChI is InChI=1S/C11H15NO/c13-11(8-4-5-8)12-9-2-1-3-10(12)7-6-9/h1-2,8-10H,3-7H2. The molecule has 2 atom stereocenters. The highest BCUT2D eigenvalue weighted by Crippen LogP contribution is 2.38. The summed E-state index contributed by atoms with van der Waals surface area (Å²) in [5.41, 5.74) is 0. The Kier molecular flexibility index (Phi) is 1.52. The molecule has 0 aromatic rings. The Morgan fingerprint density at radius 2 is 2.08 bits per heavy atom. The van der Waals surface area contributed by atoms with E-state index in [4.69, 9.17) is 0 Å². The maximum absolute atomic E-state index is 11.9. The molecule has 13 heavy (non-hydrogen) atoms. The van der Waals surface area contributed by atoms with Crippen LogP contribution in [0.2, 0.25) is 0 Å². The van der Waals surface area contributed by atoms with Crippen LogP contribution in [0.4, 0.5) is 0 Å². The van der Waals surface area contributed by atoms with Crippen LogP contribution in [0.3, 0.4) is 0 Å². The van der Waals surface area contributed by atoms with Crippen molar-refractivity contribution in [1.29, 1.82) is 0 Å². The van der Waals surface area contributed by atoms with Crippen molar-refractivity contribution in [2.45, 2.75) is 44.2 Å². The lowest BCUT2D eigenvalue weighted by Crippen LogP contribution is -2.42. The van der Waals surface area contributed by atoms with Crippen molar-refractivity contribution in [2.24, 2.45) is 5.92 Å². The molecule has 3 rings (SSSR count). The molecular weight excluding hydrogens is 162 g/mol. The maximum Gasteiger partial charge on any atom is 0.226 e. The molecule has 2 nitrogen and oxygen atoms in total. The van der Waals surface area contributed by atoms with Gasteiger partial charge in [0, 0.05) is 12.0 Å². The number of carbonyl (C=O) groups excluding carboxylic acids is 1. The van der Waals surface area contributed by atoms with Crippen molar-refractivity contribution in [1.82, 2.24) is 4.90 Å². The maximum atomic E-state index is 11.9. The van der Waals surface area contributed by atoms with Gasteiger partial charge in [-0.1, -0.05) is 12.2 Å². The van der Waals surface area contributed by atoms with Crippen molar-refractivity contribution in [2.75, 3.05) is 0 Å². The minimum absolute atomic E-state index is 0.398. The lowest BCUT2D eigenvalue weighted by Gasteiger charge is -2.31. The Morgan fingerprint density at radius 1 is 1.23 bits per heavy atom. The zero-order valence-electron chi connectivity index (χ0n) is 7.78. The predicted molar refractivity (Wildman–Crippen MR) is 50.1 cm³/mol. The van der Waals surface area contributed by atoms with Gasteiger partial charge in [0.05, 0.1) is 6.04 Å². The fourth-order valence-electron chi connectivity index (χ4n) is 2.61. The van der Waals surface area contributed by atoms with Crippen LogP contribution in [-0.4, -0.2) is 22.9 Å². The van der Waals surface area contributed by atoms with Gasteiger partial charge in [0.15, 0.2) is 0 Å². The van der Waals surface area contributed by atoms with Crippen LogP contribution in [0.15, 0.2) is 12.2 Å². The molecule has 2 aliphatic heterocycles. The van der Waals surface area contributed by atoms with Crippen molar-refractivity contribution in [3.63, 3.8) is 0 Å². The first-order valence-electron chi connectivity index (χ1n) is 5.35. The summed E-state index contributed by atoms with van der Waals surface area (Å²) in [6.07, 6.45) is 10.3. The van der Waals surface area contributed by atoms with Crippen LogP contribution >= 0.6 is 0 Å². The number of rotatable bonds is 1. The Balaban J connectivity index is 1.83. The lowest BCUT2D eigenvalue weighted by molar-refractivity contribution is -0.134. The molecule has 1 saturated heterocycles. The van der Waals surface area contributed by atoms with E-state index in [9.17, 15) is 4.79 Å². The first-order valence-corrected chi connectivity index (χ1v) is 5.35. The van der Waals surface area contributed by atoms with Crippen molar-refractivity contribution < 1.29 is 4.79 Å². The average Bonchev–Trinajstić information content (AvgIpc) is 2.92. The topological polar surface area (TPSA) is 20.3 Å². The van der Waals surface area contributed by atoms with Crippen molar-refractivity contribution >= 4 is 5.91 Å². The van der Waals surface area contributed by atoms with E-state index in [1.165, 1.54) is 12.8 Å². The SMILES string of the molecule is O=C(C1CC1)N1C2C=CCC1CC2. The van der Waals surface area contributed by atoms with Crippen molar-refractivity contribution in [3.05, 3.63) is 12.2 Å². The number of carbonyl (C=O) groups is 1. The van der Waals surface area contributed by atoms with Crippen LogP contribution < -0.4 is 0 Å². The largest absolute Gasteiger partial charge is 0.333 e. The van der Waals surface area contributed by atoms with Gasteiger partial charge in [0.2, 0.25) is 5.91 Å². The summed E-state index contributed by atoms with van der Waals surface area (Å²) in [4.78, 5) is 14.1. The third-order valence-corrected chi connectivity index (χ3v) is 3.49. The quantitative estimate of drug-likeness (QED) is 0.558. The summed E-state index contributed by atoms with van der Waals surface area (Å²) in [5, 5.41) is 0. The second-order valence-electron chi connectivity index (χ2n) is 4.48. The third-order valence-electron chi connectivity index (χ3n) is 3.49. The summed E-state index contributed by atoms with van der Waals surface area (Å²) >= 11 is 0. The zero-order chi connectivity index (χ0) is 8.84. The first-order chi connectivity index (χ1) is 6.36. The van der Waals surface area contributed by atoms with Crippen LogP contribution in [0, 0.1) is 5.92 Å². The summed E-state index contributed by atoms with van der Waals surface area (Å²) in [5.74, 6) is 0.839. The third kappa shape index (κ3) is 1.11. The molecule has 0 aromatic heterocycles. The molecule has 2 unspecified atom stereocenters. The second kappa shape index (κ2) is 2.60. The van der Waals surface area contributed by atoms with Crippen LogP contribution in [0.5, 0.6) is 0 Å². The fraction of sp³-hybridized carbons (Fsp3) is 0.727. The molecule has 2 heterocycles. The van der Waals surface area contributed by atoms with Gasteiger partial charge < -0.3 is 4.90 Å². The zero-order valence-corrected chi connectivity index (χ0v) is 7.78. The number of hydrogen-bond acceptors (Lipinski definition) is 1. The molecule has 70 valence electrons. The highest BCUT2D eigenvalue weighted by molar-refractivity contribution is 5.82. The van der Waals surface area contributed by atoms with Gasteiger partial charge in [0.25, 0.3) is 0 Å².